The van der Waals surface area contributed by atoms with Gasteiger partial charge in [0.1, 0.15) is 11.5 Å². The van der Waals surface area contributed by atoms with Gasteiger partial charge in [0.05, 0.1) is 18.0 Å². The fourth-order valence-electron chi connectivity index (χ4n) is 1.54. The van der Waals surface area contributed by atoms with Crippen LogP contribution in [0.5, 0.6) is 11.5 Å². The second kappa shape index (κ2) is 6.38. The first-order valence-electron chi connectivity index (χ1n) is 6.25. The highest BCUT2D eigenvalue weighted by molar-refractivity contribution is 7.13. The molecule has 0 aliphatic rings. The quantitative estimate of drug-likeness (QED) is 0.654. The largest absolute Gasteiger partial charge is 0.507 e. The van der Waals surface area contributed by atoms with Crippen LogP contribution in [0.4, 0.5) is 5.13 Å². The number of phenolic OH excluding ortho intramolecular Hbond substituents is 1. The number of aromatic nitrogens is 1. The molecule has 2 rings (SSSR count). The van der Waals surface area contributed by atoms with Gasteiger partial charge in [0.15, 0.2) is 0 Å². The number of nitrogens with one attached hydrogen (secondary N) is 1. The number of rotatable bonds is 5. The summed E-state index contributed by atoms with van der Waals surface area (Å²) in [6, 6.07) is 5.13. The highest BCUT2D eigenvalue weighted by Gasteiger charge is 2.03. The summed E-state index contributed by atoms with van der Waals surface area (Å²) in [6.07, 6.45) is 1.62. The maximum atomic E-state index is 9.89. The summed E-state index contributed by atoms with van der Waals surface area (Å²) in [7, 11) is 0. The van der Waals surface area contributed by atoms with Crippen LogP contribution in [0.3, 0.4) is 0 Å². The molecule has 0 bridgehead atoms. The molecule has 0 aliphatic carbocycles. The standard InChI is InChI=1S/C14H17N3O2S/c1-9(2)19-12-5-4-11(13(18)6-12)7-15-17-14-16-10(3)8-20-14/h4-9,18H,1-3H3,(H,16,17). The molecule has 0 amide bonds. The average Bonchev–Trinajstić information content (AvgIpc) is 2.77. The van der Waals surface area contributed by atoms with Gasteiger partial charge in [-0.25, -0.2) is 4.98 Å². The molecular weight excluding hydrogens is 274 g/mol. The van der Waals surface area contributed by atoms with Gasteiger partial charge in [-0.05, 0) is 32.9 Å². The van der Waals surface area contributed by atoms with Gasteiger partial charge in [-0.15, -0.1) is 11.3 Å². The van der Waals surface area contributed by atoms with E-state index >= 15 is 0 Å². The molecule has 0 atom stereocenters. The zero-order chi connectivity index (χ0) is 14.5. The lowest BCUT2D eigenvalue weighted by atomic mass is 10.2. The Balaban J connectivity index is 2.02. The number of hydrazone groups is 1. The molecule has 20 heavy (non-hydrogen) atoms. The van der Waals surface area contributed by atoms with E-state index in [1.807, 2.05) is 26.2 Å². The lowest BCUT2D eigenvalue weighted by Gasteiger charge is -2.10. The topological polar surface area (TPSA) is 66.7 Å². The smallest absolute Gasteiger partial charge is 0.203 e. The van der Waals surface area contributed by atoms with E-state index in [1.165, 1.54) is 11.3 Å². The number of benzene rings is 1. The Morgan fingerprint density at radius 1 is 1.45 bits per heavy atom. The molecule has 2 aromatic rings. The SMILES string of the molecule is Cc1csc(NN=Cc2ccc(OC(C)C)cc2O)n1. The molecule has 0 radical (unpaired) electrons. The predicted octanol–water partition coefficient (Wildman–Crippen LogP) is 3.39. The third kappa shape index (κ3) is 3.96. The minimum Gasteiger partial charge on any atom is -0.507 e. The van der Waals surface area contributed by atoms with Crippen molar-refractivity contribution in [1.29, 1.82) is 0 Å². The van der Waals surface area contributed by atoms with Gasteiger partial charge in [0.25, 0.3) is 0 Å². The van der Waals surface area contributed by atoms with Gasteiger partial charge in [0.2, 0.25) is 5.13 Å². The predicted molar refractivity (Wildman–Crippen MR) is 81.9 cm³/mol. The molecule has 5 nitrogen and oxygen atoms in total. The first kappa shape index (κ1) is 14.3. The number of anilines is 1. The molecular formula is C14H17N3O2S. The first-order chi connectivity index (χ1) is 9.54. The lowest BCUT2D eigenvalue weighted by Crippen LogP contribution is -2.05. The fraction of sp³-hybridized carbons (Fsp3) is 0.286. The second-order valence-electron chi connectivity index (χ2n) is 4.55. The number of nitrogens with zero attached hydrogens (tertiary/aromatic N) is 2. The Bertz CT molecular complexity index is 608. The monoisotopic (exact) mass is 291 g/mol. The summed E-state index contributed by atoms with van der Waals surface area (Å²) in [6.45, 7) is 5.80. The summed E-state index contributed by atoms with van der Waals surface area (Å²) in [5, 5.41) is 16.6. The van der Waals surface area contributed by atoms with Crippen LogP contribution in [-0.4, -0.2) is 22.4 Å². The van der Waals surface area contributed by atoms with E-state index in [0.717, 1.165) is 10.8 Å². The lowest BCUT2D eigenvalue weighted by molar-refractivity contribution is 0.241. The van der Waals surface area contributed by atoms with E-state index < -0.39 is 0 Å². The van der Waals surface area contributed by atoms with Gasteiger partial charge in [-0.2, -0.15) is 5.10 Å². The van der Waals surface area contributed by atoms with Crippen LogP contribution in [0.25, 0.3) is 0 Å². The van der Waals surface area contributed by atoms with Crippen LogP contribution in [0.1, 0.15) is 25.1 Å². The molecule has 1 aromatic heterocycles. The van der Waals surface area contributed by atoms with E-state index in [1.54, 1.807) is 24.4 Å². The minimum atomic E-state index is 0.0729. The Labute approximate surface area is 121 Å². The van der Waals surface area contributed by atoms with Crippen LogP contribution in [0, 0.1) is 6.92 Å². The van der Waals surface area contributed by atoms with E-state index in [2.05, 4.69) is 15.5 Å². The average molecular weight is 291 g/mol. The van der Waals surface area contributed by atoms with Crippen LogP contribution < -0.4 is 10.2 Å². The van der Waals surface area contributed by atoms with Crippen LogP contribution in [0.15, 0.2) is 28.7 Å². The molecule has 0 unspecified atom stereocenters. The van der Waals surface area contributed by atoms with Crippen molar-refractivity contribution in [2.75, 3.05) is 5.43 Å². The van der Waals surface area contributed by atoms with E-state index in [9.17, 15) is 5.11 Å². The second-order valence-corrected chi connectivity index (χ2v) is 5.41. The van der Waals surface area contributed by atoms with E-state index in [4.69, 9.17) is 4.74 Å². The maximum Gasteiger partial charge on any atom is 0.203 e. The highest BCUT2D eigenvalue weighted by atomic mass is 32.1. The normalized spacial score (nSPS) is 11.2. The van der Waals surface area contributed by atoms with E-state index in [0.29, 0.717) is 11.3 Å². The van der Waals surface area contributed by atoms with Gasteiger partial charge >= 0.3 is 0 Å². The number of hydrogen-bond acceptors (Lipinski definition) is 6. The molecule has 6 heteroatoms. The van der Waals surface area contributed by atoms with Gasteiger partial charge in [-0.3, -0.25) is 5.43 Å². The molecule has 0 spiro atoms. The Hall–Kier alpha value is -2.08. The van der Waals surface area contributed by atoms with Crippen molar-refractivity contribution < 1.29 is 9.84 Å². The van der Waals surface area contributed by atoms with Crippen LogP contribution >= 0.6 is 11.3 Å². The van der Waals surface area contributed by atoms with Crippen molar-refractivity contribution in [1.82, 2.24) is 4.98 Å². The van der Waals surface area contributed by atoms with Crippen LogP contribution in [0.2, 0.25) is 0 Å². The van der Waals surface area contributed by atoms with Crippen molar-refractivity contribution in [3.05, 3.63) is 34.8 Å². The number of thiazole rings is 1. The third-order valence-electron chi connectivity index (χ3n) is 2.36. The third-order valence-corrected chi connectivity index (χ3v) is 3.22. The van der Waals surface area contributed by atoms with Crippen molar-refractivity contribution in [3.8, 4) is 11.5 Å². The minimum absolute atomic E-state index is 0.0729. The maximum absolute atomic E-state index is 9.89. The summed E-state index contributed by atoms with van der Waals surface area (Å²) in [5.74, 6) is 0.766. The molecule has 0 saturated heterocycles. The zero-order valence-electron chi connectivity index (χ0n) is 11.6. The summed E-state index contributed by atoms with van der Waals surface area (Å²) in [5.41, 5.74) is 4.39. The number of phenols is 1. The molecule has 0 fully saturated rings. The number of hydrogen-bond donors (Lipinski definition) is 2. The molecule has 1 heterocycles. The van der Waals surface area contributed by atoms with Gasteiger partial charge < -0.3 is 9.84 Å². The van der Waals surface area contributed by atoms with Crippen molar-refractivity contribution in [2.24, 2.45) is 5.10 Å². The highest BCUT2D eigenvalue weighted by Crippen LogP contribution is 2.23. The Kier molecular flexibility index (Phi) is 4.57. The Morgan fingerprint density at radius 3 is 2.85 bits per heavy atom. The molecule has 1 aromatic carbocycles. The summed E-state index contributed by atoms with van der Waals surface area (Å²) in [4.78, 5) is 4.22. The molecule has 0 aliphatic heterocycles. The van der Waals surface area contributed by atoms with Crippen molar-refractivity contribution in [3.63, 3.8) is 0 Å². The first-order valence-corrected chi connectivity index (χ1v) is 7.13. The summed E-state index contributed by atoms with van der Waals surface area (Å²) >= 11 is 1.48. The molecule has 106 valence electrons. The molecule has 2 N–H and O–H groups in total. The number of ether oxygens (including phenoxy) is 1. The van der Waals surface area contributed by atoms with Crippen molar-refractivity contribution in [2.45, 2.75) is 26.9 Å². The zero-order valence-corrected chi connectivity index (χ0v) is 12.4. The molecule has 0 saturated carbocycles. The summed E-state index contributed by atoms with van der Waals surface area (Å²) < 4.78 is 5.50. The fourth-order valence-corrected chi connectivity index (χ4v) is 2.18. The van der Waals surface area contributed by atoms with Gasteiger partial charge in [-0.1, -0.05) is 0 Å². The number of aryl methyl sites for hydroxylation is 1. The van der Waals surface area contributed by atoms with Crippen LogP contribution in [-0.2, 0) is 0 Å². The number of aromatic hydroxyl groups is 1. The van der Waals surface area contributed by atoms with Gasteiger partial charge in [0, 0.05) is 17.0 Å². The van der Waals surface area contributed by atoms with E-state index in [-0.39, 0.29) is 11.9 Å². The Morgan fingerprint density at radius 2 is 2.25 bits per heavy atom. The van der Waals surface area contributed by atoms with Crippen molar-refractivity contribution >= 4 is 22.7 Å².